The lowest BCUT2D eigenvalue weighted by Crippen LogP contribution is -2.23. The Bertz CT molecular complexity index is 1270. The first-order valence-corrected chi connectivity index (χ1v) is 9.88. The van der Waals surface area contributed by atoms with Crippen LogP contribution in [0.15, 0.2) is 27.4 Å². The number of fused-ring (bicyclic) bond motifs is 3. The third-order valence-electron chi connectivity index (χ3n) is 5.88. The van der Waals surface area contributed by atoms with Crippen molar-refractivity contribution >= 4 is 16.8 Å². The van der Waals surface area contributed by atoms with E-state index in [1.165, 1.54) is 14.2 Å². The van der Waals surface area contributed by atoms with Gasteiger partial charge in [-0.05, 0) is 50.1 Å². The van der Waals surface area contributed by atoms with E-state index in [4.69, 9.17) is 23.4 Å². The zero-order valence-electron chi connectivity index (χ0n) is 18.4. The van der Waals surface area contributed by atoms with Crippen LogP contribution in [0.5, 0.6) is 23.0 Å². The Balaban J connectivity index is 1.95. The fourth-order valence-electron chi connectivity index (χ4n) is 4.18. The van der Waals surface area contributed by atoms with Crippen molar-refractivity contribution in [2.75, 3.05) is 21.3 Å². The third kappa shape index (κ3) is 3.12. The maximum atomic E-state index is 13.2. The second-order valence-corrected chi connectivity index (χ2v) is 7.57. The highest BCUT2D eigenvalue weighted by Gasteiger charge is 2.34. The van der Waals surface area contributed by atoms with E-state index in [1.54, 1.807) is 32.2 Å². The minimum Gasteiger partial charge on any atom is -0.493 e. The van der Waals surface area contributed by atoms with Crippen molar-refractivity contribution in [3.63, 3.8) is 0 Å². The van der Waals surface area contributed by atoms with E-state index in [1.807, 2.05) is 13.8 Å². The lowest BCUT2D eigenvalue weighted by atomic mass is 9.90. The van der Waals surface area contributed by atoms with Crippen molar-refractivity contribution in [1.29, 1.82) is 0 Å². The number of aryl methyl sites for hydroxylation is 2. The van der Waals surface area contributed by atoms with E-state index in [9.17, 15) is 9.59 Å². The van der Waals surface area contributed by atoms with Crippen molar-refractivity contribution in [2.45, 2.75) is 33.3 Å². The Hall–Kier alpha value is -3.48. The highest BCUT2D eigenvalue weighted by atomic mass is 16.5. The summed E-state index contributed by atoms with van der Waals surface area (Å²) in [6.07, 6.45) is -0.466. The van der Waals surface area contributed by atoms with Crippen molar-refractivity contribution in [1.82, 2.24) is 0 Å². The second-order valence-electron chi connectivity index (χ2n) is 7.57. The first-order valence-electron chi connectivity index (χ1n) is 9.88. The topological polar surface area (TPSA) is 84.2 Å². The number of hydrogen-bond donors (Lipinski definition) is 0. The zero-order chi connectivity index (χ0) is 22.4. The summed E-state index contributed by atoms with van der Waals surface area (Å²) in [6.45, 7) is 5.34. The minimum absolute atomic E-state index is 0.0502. The molecule has 0 saturated carbocycles. The number of carbonyl (C=O) groups is 1. The van der Waals surface area contributed by atoms with E-state index < -0.39 is 11.7 Å². The van der Waals surface area contributed by atoms with Gasteiger partial charge >= 0.3 is 5.63 Å². The van der Waals surface area contributed by atoms with Crippen molar-refractivity contribution < 1.29 is 28.2 Å². The summed E-state index contributed by atoms with van der Waals surface area (Å²) in [6, 6.07) is 5.28. The molecule has 0 saturated heterocycles. The molecule has 0 aliphatic carbocycles. The molecule has 0 fully saturated rings. The van der Waals surface area contributed by atoms with Crippen LogP contribution >= 0.6 is 0 Å². The molecule has 0 spiro atoms. The van der Waals surface area contributed by atoms with Crippen LogP contribution in [-0.4, -0.2) is 27.1 Å². The largest absolute Gasteiger partial charge is 0.493 e. The van der Waals surface area contributed by atoms with Crippen LogP contribution < -0.4 is 24.6 Å². The van der Waals surface area contributed by atoms with Gasteiger partial charge in [0.2, 0.25) is 5.75 Å². The van der Waals surface area contributed by atoms with Gasteiger partial charge < -0.3 is 23.4 Å². The first-order chi connectivity index (χ1) is 14.8. The number of ether oxygens (including phenoxy) is 4. The van der Waals surface area contributed by atoms with Crippen LogP contribution in [0.1, 0.15) is 45.1 Å². The molecule has 0 N–H and O–H groups in total. The molecule has 1 atom stereocenters. The van der Waals surface area contributed by atoms with Gasteiger partial charge in [0.1, 0.15) is 17.4 Å². The molecule has 162 valence electrons. The molecule has 3 aromatic rings. The monoisotopic (exact) mass is 424 g/mol. The van der Waals surface area contributed by atoms with E-state index in [0.29, 0.717) is 56.2 Å². The number of rotatable bonds is 4. The maximum Gasteiger partial charge on any atom is 0.339 e. The predicted molar refractivity (Wildman–Crippen MR) is 115 cm³/mol. The number of carbonyl (C=O) groups excluding carboxylic acids is 1. The van der Waals surface area contributed by atoms with Gasteiger partial charge in [-0.1, -0.05) is 0 Å². The molecule has 2 aromatic carbocycles. The molecule has 0 radical (unpaired) electrons. The van der Waals surface area contributed by atoms with E-state index in [2.05, 4.69) is 0 Å². The first kappa shape index (κ1) is 20.8. The fourth-order valence-corrected chi connectivity index (χ4v) is 4.18. The lowest BCUT2D eigenvalue weighted by Gasteiger charge is -2.29. The van der Waals surface area contributed by atoms with Crippen LogP contribution in [0.25, 0.3) is 11.0 Å². The summed E-state index contributed by atoms with van der Waals surface area (Å²) in [5.41, 5.74) is 3.11. The average Bonchev–Trinajstić information content (AvgIpc) is 2.75. The average molecular weight is 424 g/mol. The fraction of sp³-hybridized carbons (Fsp3) is 0.333. The molecular formula is C24H24O7. The van der Waals surface area contributed by atoms with Gasteiger partial charge in [-0.25, -0.2) is 4.79 Å². The predicted octanol–water partition coefficient (Wildman–Crippen LogP) is 4.45. The van der Waals surface area contributed by atoms with Gasteiger partial charge in [0, 0.05) is 11.1 Å². The number of ketones is 1. The molecule has 1 aromatic heterocycles. The Morgan fingerprint density at radius 2 is 1.65 bits per heavy atom. The summed E-state index contributed by atoms with van der Waals surface area (Å²) in [4.78, 5) is 25.4. The summed E-state index contributed by atoms with van der Waals surface area (Å²) in [7, 11) is 4.60. The smallest absolute Gasteiger partial charge is 0.339 e. The number of methoxy groups -OCH3 is 3. The van der Waals surface area contributed by atoms with Gasteiger partial charge in [0.15, 0.2) is 17.3 Å². The SMILES string of the molecule is COc1ccc([C@@H]2CC(=O)c3c(C)cc4oc(=O)c(C)c(C)c4c3O2)c(OC)c1OC. The molecule has 4 rings (SSSR count). The summed E-state index contributed by atoms with van der Waals surface area (Å²) < 4.78 is 28.4. The Morgan fingerprint density at radius 1 is 0.935 bits per heavy atom. The molecular weight excluding hydrogens is 400 g/mol. The van der Waals surface area contributed by atoms with Crippen LogP contribution in [0.3, 0.4) is 0 Å². The van der Waals surface area contributed by atoms with Crippen LogP contribution in [0.2, 0.25) is 0 Å². The summed E-state index contributed by atoms with van der Waals surface area (Å²) >= 11 is 0. The molecule has 0 amide bonds. The van der Waals surface area contributed by atoms with Crippen LogP contribution in [0, 0.1) is 20.8 Å². The molecule has 7 nitrogen and oxygen atoms in total. The molecule has 0 bridgehead atoms. The van der Waals surface area contributed by atoms with Crippen LogP contribution in [-0.2, 0) is 0 Å². The van der Waals surface area contributed by atoms with E-state index >= 15 is 0 Å². The highest BCUT2D eigenvalue weighted by Crippen LogP contribution is 2.48. The third-order valence-corrected chi connectivity index (χ3v) is 5.88. The second kappa shape index (κ2) is 7.65. The van der Waals surface area contributed by atoms with Gasteiger partial charge in [-0.3, -0.25) is 4.79 Å². The Morgan fingerprint density at radius 3 is 2.29 bits per heavy atom. The molecule has 1 aliphatic rings. The van der Waals surface area contributed by atoms with Crippen molar-refractivity contribution in [2.24, 2.45) is 0 Å². The van der Waals surface area contributed by atoms with Crippen molar-refractivity contribution in [3.8, 4) is 23.0 Å². The quantitative estimate of drug-likeness (QED) is 0.572. The van der Waals surface area contributed by atoms with Gasteiger partial charge in [-0.15, -0.1) is 0 Å². The molecule has 0 unspecified atom stereocenters. The standard InChI is InChI=1S/C24H24O7/c1-11-9-18-20(12(2)13(3)24(26)31-18)23-19(11)15(25)10-17(30-23)14-7-8-16(27-4)22(29-6)21(14)28-5/h7-9,17H,10H2,1-6H3/t17-/m0/s1. The summed E-state index contributed by atoms with van der Waals surface area (Å²) in [5, 5.41) is 0.634. The zero-order valence-corrected chi connectivity index (χ0v) is 18.4. The summed E-state index contributed by atoms with van der Waals surface area (Å²) in [5.74, 6) is 1.76. The number of hydrogen-bond acceptors (Lipinski definition) is 7. The molecule has 31 heavy (non-hydrogen) atoms. The van der Waals surface area contributed by atoms with Crippen molar-refractivity contribution in [3.05, 3.63) is 56.4 Å². The number of benzene rings is 2. The number of Topliss-reactive ketones (excluding diaryl/α,β-unsaturated/α-hetero) is 1. The molecule has 1 aliphatic heterocycles. The lowest BCUT2D eigenvalue weighted by molar-refractivity contribution is 0.0848. The van der Waals surface area contributed by atoms with Crippen LogP contribution in [0.4, 0.5) is 0 Å². The maximum absolute atomic E-state index is 13.2. The van der Waals surface area contributed by atoms with Gasteiger partial charge in [-0.2, -0.15) is 0 Å². The highest BCUT2D eigenvalue weighted by molar-refractivity contribution is 6.07. The minimum atomic E-state index is -0.605. The van der Waals surface area contributed by atoms with Gasteiger partial charge in [0.05, 0.1) is 38.7 Å². The Labute approximate surface area is 179 Å². The molecule has 7 heteroatoms. The van der Waals surface area contributed by atoms with E-state index in [0.717, 1.165) is 5.56 Å². The van der Waals surface area contributed by atoms with E-state index in [-0.39, 0.29) is 12.2 Å². The normalized spacial score (nSPS) is 15.4. The Kier molecular flexibility index (Phi) is 5.13. The molecule has 2 heterocycles. The van der Waals surface area contributed by atoms with Gasteiger partial charge in [0.25, 0.3) is 0 Å².